The van der Waals surface area contributed by atoms with Crippen LogP contribution in [0.2, 0.25) is 0 Å². The van der Waals surface area contributed by atoms with Crippen molar-refractivity contribution in [2.75, 3.05) is 26.3 Å². The van der Waals surface area contributed by atoms with Crippen LogP contribution in [-0.2, 0) is 4.79 Å². The van der Waals surface area contributed by atoms with E-state index >= 15 is 0 Å². The standard InChI is InChI=1S/C24H25FN2O3/c1-15(17-2-5-22-23(12-17)30-11-10-29-22)24(28)27-8-6-16(7-9-27)20-14-26-21-13-18(25)3-4-19(20)21/h2-5,12-16,26H,6-11H2,1H3. The first-order valence-corrected chi connectivity index (χ1v) is 10.5. The molecule has 1 atom stereocenters. The maximum Gasteiger partial charge on any atom is 0.229 e. The fraction of sp³-hybridized carbons (Fsp3) is 0.375. The summed E-state index contributed by atoms with van der Waals surface area (Å²) in [5.41, 5.74) is 3.00. The summed E-state index contributed by atoms with van der Waals surface area (Å²) >= 11 is 0. The Bertz CT molecular complexity index is 1090. The van der Waals surface area contributed by atoms with Crippen molar-refractivity contribution in [2.24, 2.45) is 0 Å². The van der Waals surface area contributed by atoms with Crippen molar-refractivity contribution < 1.29 is 18.7 Å². The van der Waals surface area contributed by atoms with Gasteiger partial charge in [0, 0.05) is 30.2 Å². The lowest BCUT2D eigenvalue weighted by Crippen LogP contribution is -2.40. The van der Waals surface area contributed by atoms with Gasteiger partial charge in [-0.2, -0.15) is 0 Å². The van der Waals surface area contributed by atoms with Gasteiger partial charge in [0.25, 0.3) is 0 Å². The molecule has 2 aliphatic rings. The van der Waals surface area contributed by atoms with Crippen LogP contribution in [0.3, 0.4) is 0 Å². The molecule has 3 aromatic rings. The van der Waals surface area contributed by atoms with E-state index in [2.05, 4.69) is 4.98 Å². The number of hydrogen-bond donors (Lipinski definition) is 1. The molecule has 1 N–H and O–H groups in total. The molecule has 0 saturated carbocycles. The molecular formula is C24H25FN2O3. The molecule has 1 fully saturated rings. The first-order valence-electron chi connectivity index (χ1n) is 10.5. The molecule has 5 rings (SSSR count). The van der Waals surface area contributed by atoms with Crippen molar-refractivity contribution in [3.05, 3.63) is 59.5 Å². The smallest absolute Gasteiger partial charge is 0.229 e. The average Bonchev–Trinajstić information content (AvgIpc) is 3.21. The second kappa shape index (κ2) is 7.67. The molecule has 5 nitrogen and oxygen atoms in total. The number of carbonyl (C=O) groups excluding carboxylic acids is 1. The number of carbonyl (C=O) groups is 1. The molecule has 2 aromatic carbocycles. The van der Waals surface area contributed by atoms with Crippen LogP contribution in [0.15, 0.2) is 42.6 Å². The second-order valence-corrected chi connectivity index (χ2v) is 8.16. The number of halogens is 1. The lowest BCUT2D eigenvalue weighted by atomic mass is 9.88. The zero-order chi connectivity index (χ0) is 20.7. The molecule has 1 saturated heterocycles. The number of fused-ring (bicyclic) bond motifs is 2. The number of piperidine rings is 1. The predicted octanol–water partition coefficient (Wildman–Crippen LogP) is 4.59. The van der Waals surface area contributed by atoms with Crippen molar-refractivity contribution in [3.63, 3.8) is 0 Å². The van der Waals surface area contributed by atoms with E-state index in [4.69, 9.17) is 9.47 Å². The molecule has 0 radical (unpaired) electrons. The number of nitrogens with zero attached hydrogens (tertiary/aromatic N) is 1. The second-order valence-electron chi connectivity index (χ2n) is 8.16. The Labute approximate surface area is 174 Å². The molecule has 0 aliphatic carbocycles. The van der Waals surface area contributed by atoms with Gasteiger partial charge in [-0.25, -0.2) is 4.39 Å². The summed E-state index contributed by atoms with van der Waals surface area (Å²) in [7, 11) is 0. The van der Waals surface area contributed by atoms with Crippen LogP contribution in [0.1, 0.15) is 42.7 Å². The quantitative estimate of drug-likeness (QED) is 0.690. The van der Waals surface area contributed by atoms with Crippen molar-refractivity contribution in [3.8, 4) is 11.5 Å². The van der Waals surface area contributed by atoms with Crippen molar-refractivity contribution >= 4 is 16.8 Å². The maximum absolute atomic E-state index is 13.5. The summed E-state index contributed by atoms with van der Waals surface area (Å²) in [6.45, 7) is 4.50. The minimum Gasteiger partial charge on any atom is -0.486 e. The highest BCUT2D eigenvalue weighted by atomic mass is 19.1. The van der Waals surface area contributed by atoms with Gasteiger partial charge < -0.3 is 19.4 Å². The molecule has 1 amide bonds. The van der Waals surface area contributed by atoms with E-state index in [-0.39, 0.29) is 17.6 Å². The zero-order valence-electron chi connectivity index (χ0n) is 17.0. The molecule has 0 spiro atoms. The van der Waals surface area contributed by atoms with Crippen molar-refractivity contribution in [2.45, 2.75) is 31.6 Å². The van der Waals surface area contributed by atoms with E-state index < -0.39 is 0 Å². The Kier molecular flexibility index (Phi) is 4.85. The zero-order valence-corrected chi connectivity index (χ0v) is 17.0. The first kappa shape index (κ1) is 19.0. The molecule has 1 unspecified atom stereocenters. The molecule has 156 valence electrons. The highest BCUT2D eigenvalue weighted by Crippen LogP contribution is 2.36. The Hall–Kier alpha value is -3.02. The minimum absolute atomic E-state index is 0.145. The van der Waals surface area contributed by atoms with Gasteiger partial charge in [-0.3, -0.25) is 4.79 Å². The third kappa shape index (κ3) is 3.40. The number of H-pyrrole nitrogens is 1. The van der Waals surface area contributed by atoms with E-state index in [0.29, 0.717) is 24.9 Å². The monoisotopic (exact) mass is 408 g/mol. The summed E-state index contributed by atoms with van der Waals surface area (Å²) in [5, 5.41) is 1.07. The van der Waals surface area contributed by atoms with Crippen LogP contribution >= 0.6 is 0 Å². The Morgan fingerprint density at radius 3 is 2.67 bits per heavy atom. The number of ether oxygens (including phenoxy) is 2. The van der Waals surface area contributed by atoms with E-state index in [1.807, 2.05) is 42.3 Å². The topological polar surface area (TPSA) is 54.6 Å². The van der Waals surface area contributed by atoms with E-state index in [9.17, 15) is 9.18 Å². The molecular weight excluding hydrogens is 383 g/mol. The molecule has 30 heavy (non-hydrogen) atoms. The third-order valence-electron chi connectivity index (χ3n) is 6.36. The number of nitrogens with one attached hydrogen (secondary N) is 1. The summed E-state index contributed by atoms with van der Waals surface area (Å²) in [4.78, 5) is 18.3. The fourth-order valence-corrected chi connectivity index (χ4v) is 4.62. The van der Waals surface area contributed by atoms with Gasteiger partial charge in [-0.05, 0) is 67.1 Å². The molecule has 1 aromatic heterocycles. The number of likely N-dealkylation sites (tertiary alicyclic amines) is 1. The number of rotatable bonds is 3. The summed E-state index contributed by atoms with van der Waals surface area (Å²) < 4.78 is 24.7. The van der Waals surface area contributed by atoms with Crippen molar-refractivity contribution in [1.82, 2.24) is 9.88 Å². The SMILES string of the molecule is CC(C(=O)N1CCC(c2c[nH]c3cc(F)ccc23)CC1)c1ccc2c(c1)OCCO2. The van der Waals surface area contributed by atoms with Crippen LogP contribution in [-0.4, -0.2) is 42.1 Å². The van der Waals surface area contributed by atoms with Gasteiger partial charge >= 0.3 is 0 Å². The van der Waals surface area contributed by atoms with E-state index in [1.54, 1.807) is 0 Å². The first-order chi connectivity index (χ1) is 14.6. The average molecular weight is 408 g/mol. The molecule has 3 heterocycles. The maximum atomic E-state index is 13.5. The van der Waals surface area contributed by atoms with E-state index in [1.165, 1.54) is 17.7 Å². The number of hydrogen-bond acceptors (Lipinski definition) is 3. The number of benzene rings is 2. The molecule has 2 aliphatic heterocycles. The molecule has 6 heteroatoms. The van der Waals surface area contributed by atoms with Gasteiger partial charge in [-0.1, -0.05) is 6.07 Å². The Morgan fingerprint density at radius 2 is 1.87 bits per heavy atom. The third-order valence-corrected chi connectivity index (χ3v) is 6.36. The van der Waals surface area contributed by atoms with Gasteiger partial charge in [0.05, 0.1) is 5.92 Å². The molecule has 0 bridgehead atoms. The largest absolute Gasteiger partial charge is 0.486 e. The number of aromatic amines is 1. The summed E-state index contributed by atoms with van der Waals surface area (Å²) in [5.74, 6) is 1.51. The summed E-state index contributed by atoms with van der Waals surface area (Å²) in [6.07, 6.45) is 3.80. The number of amides is 1. The van der Waals surface area contributed by atoms with Gasteiger partial charge in [0.1, 0.15) is 19.0 Å². The summed E-state index contributed by atoms with van der Waals surface area (Å²) in [6, 6.07) is 10.7. The fourth-order valence-electron chi connectivity index (χ4n) is 4.62. The lowest BCUT2D eigenvalue weighted by Gasteiger charge is -2.34. The van der Waals surface area contributed by atoms with Crippen LogP contribution in [0.5, 0.6) is 11.5 Å². The minimum atomic E-state index is -0.232. The van der Waals surface area contributed by atoms with Crippen LogP contribution in [0.25, 0.3) is 10.9 Å². The van der Waals surface area contributed by atoms with E-state index in [0.717, 1.165) is 48.1 Å². The van der Waals surface area contributed by atoms with Crippen LogP contribution in [0.4, 0.5) is 4.39 Å². The predicted molar refractivity (Wildman–Crippen MR) is 113 cm³/mol. The normalized spacial score (nSPS) is 17.9. The Morgan fingerprint density at radius 1 is 1.10 bits per heavy atom. The highest BCUT2D eigenvalue weighted by Gasteiger charge is 2.29. The number of aromatic nitrogens is 1. The van der Waals surface area contributed by atoms with Gasteiger partial charge in [0.15, 0.2) is 11.5 Å². The lowest BCUT2D eigenvalue weighted by molar-refractivity contribution is -0.133. The van der Waals surface area contributed by atoms with Gasteiger partial charge in [-0.15, -0.1) is 0 Å². The van der Waals surface area contributed by atoms with Crippen LogP contribution in [0, 0.1) is 5.82 Å². The van der Waals surface area contributed by atoms with Gasteiger partial charge in [0.2, 0.25) is 5.91 Å². The highest BCUT2D eigenvalue weighted by molar-refractivity contribution is 5.85. The van der Waals surface area contributed by atoms with Crippen molar-refractivity contribution in [1.29, 1.82) is 0 Å². The van der Waals surface area contributed by atoms with Crippen LogP contribution < -0.4 is 9.47 Å². The Balaban J connectivity index is 1.26.